The van der Waals surface area contributed by atoms with Gasteiger partial charge in [0.1, 0.15) is 12.4 Å². The first-order chi connectivity index (χ1) is 13.7. The average Bonchev–Trinajstić information content (AvgIpc) is 3.24. The Morgan fingerprint density at radius 3 is 2.93 bits per heavy atom. The average molecular weight is 389 g/mol. The van der Waals surface area contributed by atoms with Gasteiger partial charge < -0.3 is 25.4 Å². The van der Waals surface area contributed by atoms with E-state index >= 15 is 0 Å². The number of piperidine rings is 1. The van der Waals surface area contributed by atoms with Crippen molar-refractivity contribution in [2.45, 2.75) is 50.7 Å². The Bertz CT molecular complexity index is 661. The summed E-state index contributed by atoms with van der Waals surface area (Å²) in [6, 6.07) is 7.35. The number of nitrogens with zero attached hydrogens (tertiary/aromatic N) is 1. The molecule has 2 atom stereocenters. The maximum Gasteiger partial charge on any atom is 0.254 e. The first-order valence-corrected chi connectivity index (χ1v) is 10.3. The third-order valence-corrected chi connectivity index (χ3v) is 5.34. The molecule has 7 heteroatoms. The second-order valence-corrected chi connectivity index (χ2v) is 7.46. The van der Waals surface area contributed by atoms with E-state index in [4.69, 9.17) is 15.2 Å². The number of benzene rings is 1. The first-order valence-electron chi connectivity index (χ1n) is 10.3. The third kappa shape index (κ3) is 5.69. The summed E-state index contributed by atoms with van der Waals surface area (Å²) in [4.78, 5) is 26.7. The van der Waals surface area contributed by atoms with Gasteiger partial charge in [-0.05, 0) is 50.3 Å². The number of likely N-dealkylation sites (tertiary alicyclic amines) is 1. The van der Waals surface area contributed by atoms with E-state index in [0.717, 1.165) is 38.7 Å². The molecule has 1 aromatic carbocycles. The molecular weight excluding hydrogens is 358 g/mol. The van der Waals surface area contributed by atoms with Gasteiger partial charge in [-0.15, -0.1) is 0 Å². The molecule has 154 valence electrons. The Labute approximate surface area is 166 Å². The van der Waals surface area contributed by atoms with E-state index in [2.05, 4.69) is 5.32 Å². The lowest BCUT2D eigenvalue weighted by atomic mass is 10.0. The third-order valence-electron chi connectivity index (χ3n) is 5.34. The van der Waals surface area contributed by atoms with Crippen molar-refractivity contribution >= 4 is 11.8 Å². The minimum Gasteiger partial charge on any atom is -0.491 e. The Balaban J connectivity index is 1.60. The molecular formula is C21H31N3O4. The summed E-state index contributed by atoms with van der Waals surface area (Å²) in [6.45, 7) is 2.82. The summed E-state index contributed by atoms with van der Waals surface area (Å²) >= 11 is 0. The molecule has 0 aromatic heterocycles. The Hall–Kier alpha value is -2.12. The van der Waals surface area contributed by atoms with E-state index < -0.39 is 0 Å². The SMILES string of the molecule is NCCC(=O)NCC1CCCCN1C(=O)c1cccc(OCC2CCCO2)c1. The minimum absolute atomic E-state index is 0.0134. The minimum atomic E-state index is -0.0648. The predicted molar refractivity (Wildman–Crippen MR) is 106 cm³/mol. The smallest absolute Gasteiger partial charge is 0.254 e. The van der Waals surface area contributed by atoms with Crippen LogP contribution in [0.2, 0.25) is 0 Å². The zero-order valence-corrected chi connectivity index (χ0v) is 16.4. The maximum atomic E-state index is 13.1. The number of nitrogens with one attached hydrogen (secondary N) is 1. The summed E-state index contributed by atoms with van der Waals surface area (Å²) in [5.41, 5.74) is 6.04. The first kappa shape index (κ1) is 20.6. The molecule has 0 aliphatic carbocycles. The maximum absolute atomic E-state index is 13.1. The number of ether oxygens (including phenoxy) is 2. The van der Waals surface area contributed by atoms with Crippen LogP contribution in [0.25, 0.3) is 0 Å². The van der Waals surface area contributed by atoms with Crippen LogP contribution in [0.5, 0.6) is 5.75 Å². The second-order valence-electron chi connectivity index (χ2n) is 7.46. The highest BCUT2D eigenvalue weighted by atomic mass is 16.5. The van der Waals surface area contributed by atoms with Crippen molar-refractivity contribution < 1.29 is 19.1 Å². The van der Waals surface area contributed by atoms with Crippen molar-refractivity contribution in [1.29, 1.82) is 0 Å². The molecule has 0 bridgehead atoms. The number of hydrogen-bond donors (Lipinski definition) is 2. The van der Waals surface area contributed by atoms with Crippen molar-refractivity contribution in [2.75, 3.05) is 32.8 Å². The van der Waals surface area contributed by atoms with E-state index in [1.807, 2.05) is 23.1 Å². The van der Waals surface area contributed by atoms with E-state index in [0.29, 0.717) is 44.0 Å². The van der Waals surface area contributed by atoms with Gasteiger partial charge in [-0.3, -0.25) is 9.59 Å². The molecule has 0 radical (unpaired) electrons. The van der Waals surface area contributed by atoms with Crippen molar-refractivity contribution in [3.63, 3.8) is 0 Å². The normalized spacial score (nSPS) is 22.1. The van der Waals surface area contributed by atoms with Crippen LogP contribution in [0.4, 0.5) is 0 Å². The van der Waals surface area contributed by atoms with Gasteiger partial charge in [0.15, 0.2) is 0 Å². The second kappa shape index (κ2) is 10.4. The van der Waals surface area contributed by atoms with Crippen LogP contribution in [0, 0.1) is 0 Å². The highest BCUT2D eigenvalue weighted by Crippen LogP contribution is 2.22. The molecule has 2 aliphatic rings. The molecule has 0 spiro atoms. The zero-order chi connectivity index (χ0) is 19.8. The van der Waals surface area contributed by atoms with Crippen molar-refractivity contribution in [1.82, 2.24) is 10.2 Å². The molecule has 2 aliphatic heterocycles. The number of hydrogen-bond acceptors (Lipinski definition) is 5. The van der Waals surface area contributed by atoms with E-state index in [1.165, 1.54) is 0 Å². The molecule has 2 amide bonds. The van der Waals surface area contributed by atoms with E-state index in [9.17, 15) is 9.59 Å². The lowest BCUT2D eigenvalue weighted by Crippen LogP contribution is -2.49. The van der Waals surface area contributed by atoms with Gasteiger partial charge in [0, 0.05) is 44.3 Å². The zero-order valence-electron chi connectivity index (χ0n) is 16.4. The van der Waals surface area contributed by atoms with Crippen molar-refractivity contribution in [2.24, 2.45) is 5.73 Å². The van der Waals surface area contributed by atoms with Crippen LogP contribution in [-0.4, -0.2) is 61.7 Å². The number of carbonyl (C=O) groups excluding carboxylic acids is 2. The lowest BCUT2D eigenvalue weighted by molar-refractivity contribution is -0.121. The molecule has 2 unspecified atom stereocenters. The van der Waals surface area contributed by atoms with Crippen LogP contribution < -0.4 is 15.8 Å². The fraction of sp³-hybridized carbons (Fsp3) is 0.619. The molecule has 3 N–H and O–H groups in total. The standard InChI is InChI=1S/C21H31N3O4/c22-10-9-20(25)23-14-17-6-1-2-11-24(17)21(26)16-5-3-7-18(13-16)28-15-19-8-4-12-27-19/h3,5,7,13,17,19H,1-2,4,6,8-12,14-15,22H2,(H,23,25). The van der Waals surface area contributed by atoms with Gasteiger partial charge in [0.05, 0.1) is 6.10 Å². The van der Waals surface area contributed by atoms with Gasteiger partial charge >= 0.3 is 0 Å². The predicted octanol–water partition coefficient (Wildman–Crippen LogP) is 1.70. The number of nitrogens with two attached hydrogens (primary N) is 1. The summed E-state index contributed by atoms with van der Waals surface area (Å²) in [5.74, 6) is 0.608. The van der Waals surface area contributed by atoms with Gasteiger partial charge in [-0.1, -0.05) is 6.07 Å². The van der Waals surface area contributed by atoms with Gasteiger partial charge in [-0.2, -0.15) is 0 Å². The Morgan fingerprint density at radius 2 is 2.14 bits per heavy atom. The number of rotatable bonds is 8. The van der Waals surface area contributed by atoms with Gasteiger partial charge in [-0.25, -0.2) is 0 Å². The highest BCUT2D eigenvalue weighted by Gasteiger charge is 2.28. The topological polar surface area (TPSA) is 93.9 Å². The Morgan fingerprint density at radius 1 is 1.25 bits per heavy atom. The fourth-order valence-electron chi connectivity index (χ4n) is 3.78. The van der Waals surface area contributed by atoms with Crippen LogP contribution in [0.3, 0.4) is 0 Å². The highest BCUT2D eigenvalue weighted by molar-refractivity contribution is 5.95. The largest absolute Gasteiger partial charge is 0.491 e. The molecule has 1 aromatic rings. The van der Waals surface area contributed by atoms with Crippen molar-refractivity contribution in [3.05, 3.63) is 29.8 Å². The molecule has 2 heterocycles. The molecule has 2 fully saturated rings. The van der Waals surface area contributed by atoms with Gasteiger partial charge in [0.2, 0.25) is 5.91 Å². The van der Waals surface area contributed by atoms with Gasteiger partial charge in [0.25, 0.3) is 5.91 Å². The molecule has 2 saturated heterocycles. The lowest BCUT2D eigenvalue weighted by Gasteiger charge is -2.36. The van der Waals surface area contributed by atoms with E-state index in [-0.39, 0.29) is 24.0 Å². The summed E-state index contributed by atoms with van der Waals surface area (Å²) < 4.78 is 11.4. The molecule has 0 saturated carbocycles. The quantitative estimate of drug-likeness (QED) is 0.706. The summed E-state index contributed by atoms with van der Waals surface area (Å²) in [7, 11) is 0. The molecule has 3 rings (SSSR count). The van der Waals surface area contributed by atoms with Crippen LogP contribution >= 0.6 is 0 Å². The number of carbonyl (C=O) groups is 2. The Kier molecular flexibility index (Phi) is 7.68. The fourth-order valence-corrected chi connectivity index (χ4v) is 3.78. The summed E-state index contributed by atoms with van der Waals surface area (Å²) in [6.07, 6.45) is 5.48. The summed E-state index contributed by atoms with van der Waals surface area (Å²) in [5, 5.41) is 2.90. The molecule has 7 nitrogen and oxygen atoms in total. The van der Waals surface area contributed by atoms with Crippen LogP contribution in [0.1, 0.15) is 48.9 Å². The van der Waals surface area contributed by atoms with E-state index in [1.54, 1.807) is 6.07 Å². The number of amides is 2. The van der Waals surface area contributed by atoms with Crippen LogP contribution in [0.15, 0.2) is 24.3 Å². The van der Waals surface area contributed by atoms with Crippen molar-refractivity contribution in [3.8, 4) is 5.75 Å². The van der Waals surface area contributed by atoms with Crippen LogP contribution in [-0.2, 0) is 9.53 Å². The molecule has 28 heavy (non-hydrogen) atoms. The monoisotopic (exact) mass is 389 g/mol.